The molecule has 3 nitrogen and oxygen atoms in total. The van der Waals surface area contributed by atoms with Gasteiger partial charge in [-0.05, 0) is 46.1 Å². The fraction of sp³-hybridized carbons (Fsp3) is 0.188. The van der Waals surface area contributed by atoms with Gasteiger partial charge in [-0.1, -0.05) is 25.1 Å². The summed E-state index contributed by atoms with van der Waals surface area (Å²) in [6.07, 6.45) is 2.01. The van der Waals surface area contributed by atoms with E-state index in [1.807, 2.05) is 29.1 Å². The van der Waals surface area contributed by atoms with Gasteiger partial charge in [-0.3, -0.25) is 0 Å². The number of benzene rings is 1. The zero-order valence-electron chi connectivity index (χ0n) is 11.7. The van der Waals surface area contributed by atoms with Crippen LogP contribution in [-0.2, 0) is 0 Å². The van der Waals surface area contributed by atoms with Gasteiger partial charge < -0.3 is 5.32 Å². The summed E-state index contributed by atoms with van der Waals surface area (Å²) in [5.74, 6) is 0. The maximum atomic E-state index is 4.73. The van der Waals surface area contributed by atoms with Crippen LogP contribution in [0.3, 0.4) is 0 Å². The highest BCUT2D eigenvalue weighted by atomic mass is 79.9. The average molecular weight is 362 g/mol. The summed E-state index contributed by atoms with van der Waals surface area (Å²) >= 11 is 5.32. The summed E-state index contributed by atoms with van der Waals surface area (Å²) < 4.78 is 3.05. The molecule has 0 saturated carbocycles. The average Bonchev–Trinajstić information content (AvgIpc) is 3.15. The van der Waals surface area contributed by atoms with Gasteiger partial charge in [0.15, 0.2) is 0 Å². The van der Waals surface area contributed by atoms with Crippen LogP contribution in [0.25, 0.3) is 5.69 Å². The number of rotatable bonds is 5. The van der Waals surface area contributed by atoms with Crippen molar-refractivity contribution >= 4 is 27.3 Å². The minimum Gasteiger partial charge on any atom is -0.305 e. The van der Waals surface area contributed by atoms with Crippen molar-refractivity contribution in [3.05, 3.63) is 69.1 Å². The van der Waals surface area contributed by atoms with E-state index < -0.39 is 0 Å². The van der Waals surface area contributed by atoms with Gasteiger partial charge >= 0.3 is 0 Å². The molecule has 0 saturated heterocycles. The van der Waals surface area contributed by atoms with Crippen LogP contribution in [0.5, 0.6) is 0 Å². The largest absolute Gasteiger partial charge is 0.305 e. The molecule has 0 radical (unpaired) electrons. The first-order valence-corrected chi connectivity index (χ1v) is 8.59. The third-order valence-electron chi connectivity index (χ3n) is 3.29. The van der Waals surface area contributed by atoms with E-state index in [0.29, 0.717) is 0 Å². The molecular weight excluding hydrogens is 346 g/mol. The second-order valence-corrected chi connectivity index (χ2v) is 6.28. The van der Waals surface area contributed by atoms with Gasteiger partial charge in [0.05, 0.1) is 17.4 Å². The lowest BCUT2D eigenvalue weighted by atomic mass is 10.1. The van der Waals surface area contributed by atoms with Crippen molar-refractivity contribution in [2.45, 2.75) is 13.0 Å². The molecule has 21 heavy (non-hydrogen) atoms. The van der Waals surface area contributed by atoms with Gasteiger partial charge in [0, 0.05) is 21.6 Å². The van der Waals surface area contributed by atoms with Crippen LogP contribution in [0, 0.1) is 0 Å². The molecule has 3 aromatic rings. The highest BCUT2D eigenvalue weighted by Crippen LogP contribution is 2.31. The fourth-order valence-electron chi connectivity index (χ4n) is 2.29. The predicted octanol–water partition coefficient (Wildman–Crippen LogP) is 4.40. The molecule has 108 valence electrons. The number of hydrogen-bond acceptors (Lipinski definition) is 3. The third kappa shape index (κ3) is 3.10. The summed E-state index contributed by atoms with van der Waals surface area (Å²) in [6.45, 7) is 3.01. The number of thiophene rings is 1. The van der Waals surface area contributed by atoms with Crippen LogP contribution in [0.4, 0.5) is 0 Å². The summed E-state index contributed by atoms with van der Waals surface area (Å²) in [5, 5.41) is 12.5. The normalized spacial score (nSPS) is 12.5. The minimum atomic E-state index is 0.112. The lowest BCUT2D eigenvalue weighted by Crippen LogP contribution is -2.22. The molecule has 2 aromatic heterocycles. The minimum absolute atomic E-state index is 0.112. The van der Waals surface area contributed by atoms with Crippen LogP contribution < -0.4 is 5.32 Å². The van der Waals surface area contributed by atoms with E-state index in [9.17, 15) is 0 Å². The van der Waals surface area contributed by atoms with Gasteiger partial charge in [0.2, 0.25) is 0 Å². The molecule has 3 rings (SSSR count). The van der Waals surface area contributed by atoms with Gasteiger partial charge in [-0.25, -0.2) is 4.68 Å². The molecule has 1 unspecified atom stereocenters. The summed E-state index contributed by atoms with van der Waals surface area (Å²) in [6, 6.07) is 12.4. The lowest BCUT2D eigenvalue weighted by Gasteiger charge is -2.15. The maximum Gasteiger partial charge on any atom is 0.0844 e. The number of halogens is 1. The topological polar surface area (TPSA) is 29.9 Å². The van der Waals surface area contributed by atoms with Crippen LogP contribution in [0.15, 0.2) is 57.8 Å². The van der Waals surface area contributed by atoms with E-state index in [-0.39, 0.29) is 6.04 Å². The molecule has 0 aliphatic heterocycles. The second kappa shape index (κ2) is 6.56. The zero-order chi connectivity index (χ0) is 14.7. The molecule has 0 amide bonds. The molecule has 0 spiro atoms. The number of nitrogens with one attached hydrogen (secondary N) is 1. The van der Waals surface area contributed by atoms with Gasteiger partial charge in [0.25, 0.3) is 0 Å². The molecular formula is C16H16BrN3S. The lowest BCUT2D eigenvalue weighted by molar-refractivity contribution is 0.607. The SMILES string of the molecule is CCNC(c1ccn(-c2ccccc2)n1)c1cscc1Br. The van der Waals surface area contributed by atoms with Gasteiger partial charge in [-0.2, -0.15) is 16.4 Å². The van der Waals surface area contributed by atoms with E-state index in [1.54, 1.807) is 11.3 Å². The Bertz CT molecular complexity index is 705. The summed E-state index contributed by atoms with van der Waals surface area (Å²) in [7, 11) is 0. The Morgan fingerprint density at radius 3 is 2.71 bits per heavy atom. The molecule has 2 heterocycles. The molecule has 0 aliphatic rings. The van der Waals surface area contributed by atoms with Gasteiger partial charge in [0.1, 0.15) is 0 Å². The van der Waals surface area contributed by atoms with E-state index in [2.05, 4.69) is 57.1 Å². The Labute approximate surface area is 136 Å². The van der Waals surface area contributed by atoms with E-state index in [1.165, 1.54) is 5.56 Å². The third-order valence-corrected chi connectivity index (χ3v) is 5.04. The summed E-state index contributed by atoms with van der Waals surface area (Å²) in [4.78, 5) is 0. The van der Waals surface area contributed by atoms with Crippen molar-refractivity contribution in [3.63, 3.8) is 0 Å². The van der Waals surface area contributed by atoms with Crippen LogP contribution in [0.1, 0.15) is 24.2 Å². The number of aromatic nitrogens is 2. The standard InChI is InChI=1S/C16H16BrN3S/c1-2-18-16(13-10-21-11-14(13)17)15-8-9-20(19-15)12-6-4-3-5-7-12/h3-11,16,18H,2H2,1H3. The second-order valence-electron chi connectivity index (χ2n) is 4.69. The highest BCUT2D eigenvalue weighted by molar-refractivity contribution is 9.10. The quantitative estimate of drug-likeness (QED) is 0.729. The molecule has 1 aromatic carbocycles. The molecule has 1 N–H and O–H groups in total. The van der Waals surface area contributed by atoms with E-state index >= 15 is 0 Å². The van der Waals surface area contributed by atoms with Crippen molar-refractivity contribution in [2.75, 3.05) is 6.54 Å². The zero-order valence-corrected chi connectivity index (χ0v) is 14.1. The molecule has 0 aliphatic carbocycles. The maximum absolute atomic E-state index is 4.73. The number of para-hydroxylation sites is 1. The Kier molecular flexibility index (Phi) is 4.53. The molecule has 0 bridgehead atoms. The van der Waals surface area contributed by atoms with Crippen LogP contribution in [0.2, 0.25) is 0 Å². The first kappa shape index (κ1) is 14.5. The van der Waals surface area contributed by atoms with Crippen molar-refractivity contribution in [1.29, 1.82) is 0 Å². The Balaban J connectivity index is 1.95. The molecule has 5 heteroatoms. The highest BCUT2D eigenvalue weighted by Gasteiger charge is 2.19. The van der Waals surface area contributed by atoms with E-state index in [0.717, 1.165) is 22.4 Å². The summed E-state index contributed by atoms with van der Waals surface area (Å²) in [5.41, 5.74) is 3.34. The first-order chi connectivity index (χ1) is 10.3. The van der Waals surface area contributed by atoms with Crippen molar-refractivity contribution in [2.24, 2.45) is 0 Å². The van der Waals surface area contributed by atoms with Gasteiger partial charge in [-0.15, -0.1) is 0 Å². The molecule has 1 atom stereocenters. The number of nitrogens with zero attached hydrogens (tertiary/aromatic N) is 2. The smallest absolute Gasteiger partial charge is 0.0844 e. The molecule has 0 fully saturated rings. The number of hydrogen-bond donors (Lipinski definition) is 1. The Morgan fingerprint density at radius 2 is 2.05 bits per heavy atom. The first-order valence-electron chi connectivity index (χ1n) is 6.85. The van der Waals surface area contributed by atoms with Crippen molar-refractivity contribution in [1.82, 2.24) is 15.1 Å². The van der Waals surface area contributed by atoms with Crippen LogP contribution >= 0.6 is 27.3 Å². The van der Waals surface area contributed by atoms with E-state index in [4.69, 9.17) is 5.10 Å². The Hall–Kier alpha value is -1.43. The predicted molar refractivity (Wildman–Crippen MR) is 91.1 cm³/mol. The van der Waals surface area contributed by atoms with Crippen molar-refractivity contribution in [3.8, 4) is 5.69 Å². The fourth-order valence-corrected chi connectivity index (χ4v) is 3.84. The van der Waals surface area contributed by atoms with Crippen LogP contribution in [-0.4, -0.2) is 16.3 Å². The van der Waals surface area contributed by atoms with Crippen molar-refractivity contribution < 1.29 is 0 Å². The Morgan fingerprint density at radius 1 is 1.24 bits per heavy atom. The monoisotopic (exact) mass is 361 g/mol.